The fraction of sp³-hybridized carbons (Fsp3) is 0.0909. The van der Waals surface area contributed by atoms with Gasteiger partial charge in [0.2, 0.25) is 0 Å². The van der Waals surface area contributed by atoms with Gasteiger partial charge in [0.25, 0.3) is 11.8 Å². The normalized spacial score (nSPS) is 10.7. The van der Waals surface area contributed by atoms with Gasteiger partial charge in [-0.15, -0.1) is 0 Å². The molecule has 8 rings (SSSR count). The van der Waals surface area contributed by atoms with Crippen molar-refractivity contribution in [3.63, 3.8) is 0 Å². The number of ether oxygens (including phenoxy) is 1. The molecule has 2 amide bonds. The zero-order valence-corrected chi connectivity index (χ0v) is 32.3. The second-order valence-electron chi connectivity index (χ2n) is 12.8. The summed E-state index contributed by atoms with van der Waals surface area (Å²) in [4.78, 5) is 51.5. The van der Waals surface area contributed by atoms with E-state index in [9.17, 15) is 9.59 Å². The van der Waals surface area contributed by atoms with Crippen LogP contribution in [0, 0.1) is 6.92 Å². The predicted molar refractivity (Wildman–Crippen MR) is 222 cm³/mol. The minimum atomic E-state index is -0.275. The van der Waals surface area contributed by atoms with E-state index in [2.05, 4.69) is 40.5 Å². The molecule has 0 saturated heterocycles. The van der Waals surface area contributed by atoms with Gasteiger partial charge in [0, 0.05) is 75.0 Å². The van der Waals surface area contributed by atoms with Crippen molar-refractivity contribution < 1.29 is 14.3 Å². The summed E-state index contributed by atoms with van der Waals surface area (Å²) in [6, 6.07) is 29.6. The second-order valence-corrected chi connectivity index (χ2v) is 13.6. The summed E-state index contributed by atoms with van der Waals surface area (Å²) >= 11 is 12.0. The summed E-state index contributed by atoms with van der Waals surface area (Å²) in [7, 11) is 1.61. The molecule has 0 radical (unpaired) electrons. The highest BCUT2D eigenvalue weighted by atomic mass is 35.5. The van der Waals surface area contributed by atoms with Gasteiger partial charge in [-0.05, 0) is 72.6 Å². The molecule has 0 fully saturated rings. The van der Waals surface area contributed by atoms with Crippen molar-refractivity contribution in [3.8, 4) is 28.0 Å². The van der Waals surface area contributed by atoms with Crippen LogP contribution in [-0.2, 0) is 13.1 Å². The van der Waals surface area contributed by atoms with Crippen LogP contribution in [0.4, 0.5) is 0 Å². The summed E-state index contributed by atoms with van der Waals surface area (Å²) in [5.41, 5.74) is 8.06. The van der Waals surface area contributed by atoms with Crippen molar-refractivity contribution in [1.29, 1.82) is 0 Å². The lowest BCUT2D eigenvalue weighted by Gasteiger charge is -2.10. The lowest BCUT2D eigenvalue weighted by Crippen LogP contribution is -2.24. The lowest BCUT2D eigenvalue weighted by atomic mass is 10.0. The molecule has 5 heterocycles. The molecule has 0 aliphatic carbocycles. The van der Waals surface area contributed by atoms with E-state index in [0.717, 1.165) is 50.0 Å². The topological polar surface area (TPSA) is 145 Å². The third kappa shape index (κ3) is 9.35. The Morgan fingerprint density at radius 3 is 1.63 bits per heavy atom. The molecule has 3 aromatic carbocycles. The largest absolute Gasteiger partial charge is 0.496 e. The Morgan fingerprint density at radius 1 is 0.596 bits per heavy atom. The number of pyridine rings is 4. The third-order valence-electron chi connectivity index (χ3n) is 8.87. The van der Waals surface area contributed by atoms with Gasteiger partial charge in [-0.2, -0.15) is 0 Å². The number of carbonyl (C=O) groups is 2. The molecule has 0 aliphatic heterocycles. The number of benzene rings is 3. The van der Waals surface area contributed by atoms with E-state index in [-0.39, 0.29) is 18.4 Å². The van der Waals surface area contributed by atoms with Crippen molar-refractivity contribution in [2.75, 3.05) is 7.11 Å². The molecule has 57 heavy (non-hydrogen) atoms. The van der Waals surface area contributed by atoms with E-state index in [0.29, 0.717) is 44.7 Å². The Hall–Kier alpha value is -6.82. The van der Waals surface area contributed by atoms with Crippen LogP contribution in [-0.4, -0.2) is 48.8 Å². The number of hydrogen-bond donors (Lipinski definition) is 2. The fourth-order valence-corrected chi connectivity index (χ4v) is 6.16. The molecule has 2 N–H and O–H groups in total. The van der Waals surface area contributed by atoms with Gasteiger partial charge in [0.15, 0.2) is 0 Å². The molecule has 282 valence electrons. The number of aromatic nitrogens is 6. The van der Waals surface area contributed by atoms with Gasteiger partial charge in [-0.3, -0.25) is 29.5 Å². The molecule has 0 aliphatic rings. The monoisotopic (exact) mass is 792 g/mol. The number of rotatable bonds is 9. The highest BCUT2D eigenvalue weighted by Crippen LogP contribution is 2.29. The first-order valence-electron chi connectivity index (χ1n) is 17.7. The number of aryl methyl sites for hydroxylation is 1. The van der Waals surface area contributed by atoms with E-state index >= 15 is 0 Å². The molecular formula is C44H34Cl2N8O3. The SMILES string of the molecule is COc1ccccc1CNC(=O)c1ccc2cncc(-c3ccc(Cl)cc3)c2n1.Cc1cnc(CNC(=O)c2ccc3cncc(-c4ccc(Cl)cc4)c3n2)cn1. The summed E-state index contributed by atoms with van der Waals surface area (Å²) in [5.74, 6) is 0.204. The van der Waals surface area contributed by atoms with E-state index in [4.69, 9.17) is 27.9 Å². The van der Waals surface area contributed by atoms with Crippen LogP contribution in [0.1, 0.15) is 37.9 Å². The number of carbonyl (C=O) groups excluding carboxylic acids is 2. The summed E-state index contributed by atoms with van der Waals surface area (Å²) < 4.78 is 5.33. The fourth-order valence-electron chi connectivity index (χ4n) is 5.91. The van der Waals surface area contributed by atoms with Crippen LogP contribution in [0.25, 0.3) is 44.1 Å². The maximum absolute atomic E-state index is 12.7. The van der Waals surface area contributed by atoms with Crippen molar-refractivity contribution >= 4 is 56.8 Å². The van der Waals surface area contributed by atoms with Crippen LogP contribution >= 0.6 is 23.2 Å². The van der Waals surface area contributed by atoms with Gasteiger partial charge in [0.05, 0.1) is 42.3 Å². The molecule has 0 spiro atoms. The number of hydrogen-bond acceptors (Lipinski definition) is 9. The molecule has 8 aromatic rings. The Kier molecular flexibility index (Phi) is 12.0. The van der Waals surface area contributed by atoms with Crippen LogP contribution in [0.5, 0.6) is 5.75 Å². The van der Waals surface area contributed by atoms with E-state index in [1.54, 1.807) is 56.4 Å². The summed E-state index contributed by atoms with van der Waals surface area (Å²) in [6.45, 7) is 2.50. The number of fused-ring (bicyclic) bond motifs is 2. The van der Waals surface area contributed by atoms with Crippen LogP contribution in [0.15, 0.2) is 134 Å². The summed E-state index contributed by atoms with van der Waals surface area (Å²) in [6.07, 6.45) is 10.3. The first-order chi connectivity index (χ1) is 27.7. The van der Waals surface area contributed by atoms with Crippen molar-refractivity contribution in [3.05, 3.63) is 173 Å². The molecule has 0 unspecified atom stereocenters. The van der Waals surface area contributed by atoms with Crippen molar-refractivity contribution in [2.24, 2.45) is 0 Å². The first kappa shape index (κ1) is 38.5. The minimum absolute atomic E-state index is 0.253. The predicted octanol–water partition coefficient (Wildman–Crippen LogP) is 8.87. The van der Waals surface area contributed by atoms with Gasteiger partial charge >= 0.3 is 0 Å². The van der Waals surface area contributed by atoms with Crippen LogP contribution in [0.3, 0.4) is 0 Å². The zero-order chi connectivity index (χ0) is 39.7. The standard InChI is InChI=1S/C23H18ClN3O2.C21H16ClN5O/c1-29-21-5-3-2-4-16(21)13-26-23(28)20-11-8-17-12-25-14-19(22(17)27-20)15-6-9-18(24)10-7-15;1-13-8-25-17(10-24-13)11-26-21(28)19-7-4-15-9-23-12-18(20(15)27-19)14-2-5-16(22)6-3-14/h2-12,14H,13H2,1H3,(H,26,28);2-10,12H,11H2,1H3,(H,26,28). The highest BCUT2D eigenvalue weighted by molar-refractivity contribution is 6.31. The Bertz CT molecular complexity index is 2700. The molecule has 0 atom stereocenters. The quantitative estimate of drug-likeness (QED) is 0.146. The summed E-state index contributed by atoms with van der Waals surface area (Å²) in [5, 5.41) is 8.77. The number of nitrogens with zero attached hydrogens (tertiary/aromatic N) is 6. The minimum Gasteiger partial charge on any atom is -0.496 e. The molecule has 0 bridgehead atoms. The number of amides is 2. The first-order valence-corrected chi connectivity index (χ1v) is 18.5. The average Bonchev–Trinajstić information content (AvgIpc) is 3.25. The molecule has 5 aromatic heterocycles. The molecule has 13 heteroatoms. The molecule has 11 nitrogen and oxygen atoms in total. The van der Waals surface area contributed by atoms with Crippen LogP contribution in [0.2, 0.25) is 10.0 Å². The van der Waals surface area contributed by atoms with Crippen LogP contribution < -0.4 is 15.4 Å². The number of halogens is 2. The van der Waals surface area contributed by atoms with Gasteiger partial charge in [-0.25, -0.2) is 9.97 Å². The van der Waals surface area contributed by atoms with Crippen molar-refractivity contribution in [1.82, 2.24) is 40.5 Å². The Balaban J connectivity index is 0.000000174. The van der Waals surface area contributed by atoms with E-state index in [1.807, 2.05) is 91.9 Å². The number of methoxy groups -OCH3 is 1. The zero-order valence-electron chi connectivity index (χ0n) is 30.8. The maximum atomic E-state index is 12.7. The van der Waals surface area contributed by atoms with E-state index in [1.165, 1.54) is 0 Å². The van der Waals surface area contributed by atoms with Crippen molar-refractivity contribution in [2.45, 2.75) is 20.0 Å². The Labute approximate surface area is 338 Å². The third-order valence-corrected chi connectivity index (χ3v) is 9.37. The number of nitrogens with one attached hydrogen (secondary N) is 2. The molecule has 0 saturated carbocycles. The second kappa shape index (κ2) is 17.8. The lowest BCUT2D eigenvalue weighted by molar-refractivity contribution is 0.0938. The molecular weight excluding hydrogens is 759 g/mol. The smallest absolute Gasteiger partial charge is 0.270 e. The van der Waals surface area contributed by atoms with Gasteiger partial charge in [-0.1, -0.05) is 65.7 Å². The number of para-hydroxylation sites is 1. The average molecular weight is 794 g/mol. The van der Waals surface area contributed by atoms with Gasteiger partial charge in [0.1, 0.15) is 17.1 Å². The highest BCUT2D eigenvalue weighted by Gasteiger charge is 2.14. The van der Waals surface area contributed by atoms with E-state index < -0.39 is 0 Å². The maximum Gasteiger partial charge on any atom is 0.270 e. The van der Waals surface area contributed by atoms with Gasteiger partial charge < -0.3 is 15.4 Å². The Morgan fingerprint density at radius 2 is 1.12 bits per heavy atom.